The van der Waals surface area contributed by atoms with Crippen molar-refractivity contribution in [3.63, 3.8) is 0 Å². The van der Waals surface area contributed by atoms with Gasteiger partial charge in [-0.3, -0.25) is 0 Å². The zero-order valence-corrected chi connectivity index (χ0v) is 4.46. The van der Waals surface area contributed by atoms with E-state index >= 15 is 0 Å². The van der Waals surface area contributed by atoms with E-state index < -0.39 is 6.16 Å². The molecule has 0 rings (SSSR count). The molecule has 0 aliphatic rings. The van der Waals surface area contributed by atoms with Crippen molar-refractivity contribution in [1.82, 2.24) is 0 Å². The fraction of sp³-hybridized carbons (Fsp3) is 0. The van der Waals surface area contributed by atoms with E-state index in [0.29, 0.717) is 0 Å². The Balaban J connectivity index is 0. The summed E-state index contributed by atoms with van der Waals surface area (Å²) in [4.78, 5) is 9.01. The molecule has 0 amide bonds. The number of hydrogen-bond donors (Lipinski definition) is 0. The third-order valence-electron chi connectivity index (χ3n) is 0.0962. The van der Waals surface area contributed by atoms with Crippen molar-refractivity contribution in [2.45, 2.75) is 0 Å². The molecule has 0 radical (unpaired) electrons. The molecule has 0 spiro atoms. The first-order valence-corrected chi connectivity index (χ1v) is 1.32. The molecule has 30 valence electrons. The van der Waals surface area contributed by atoms with Gasteiger partial charge in [-0.15, -0.1) is 0 Å². The molecule has 0 saturated heterocycles. The minimum absolute atomic E-state index is 0. The van der Waals surface area contributed by atoms with Crippen LogP contribution in [-0.4, -0.2) is 6.16 Å². The maximum absolute atomic E-state index is 9.01. The second-order valence-corrected chi connectivity index (χ2v) is 0.604. The van der Waals surface area contributed by atoms with Gasteiger partial charge < -0.3 is 14.4 Å². The van der Waals surface area contributed by atoms with Gasteiger partial charge in [-0.2, -0.15) is 0 Å². The largest absolute Gasteiger partial charge is 1.00 e. The summed E-state index contributed by atoms with van der Waals surface area (Å²) < 4.78 is 3.47. The first-order valence-electron chi connectivity index (χ1n) is 0.848. The predicted octanol–water partition coefficient (Wildman–Crippen LogP) is -3.86. The maximum atomic E-state index is 9.01. The van der Waals surface area contributed by atoms with Crippen molar-refractivity contribution in [3.8, 4) is 0 Å². The Bertz CT molecular complexity index is 46.1. The zero-order valence-electron chi connectivity index (χ0n) is 3.30. The monoisotopic (exact) mass is 100.0 g/mol. The normalized spacial score (nSPS) is 5.50. The molecule has 0 bridgehead atoms. The minimum Gasteiger partial charge on any atom is -0.532 e. The van der Waals surface area contributed by atoms with E-state index in [2.05, 4.69) is 4.52 Å². The van der Waals surface area contributed by atoms with E-state index in [1.165, 1.54) is 9.47 Å². The van der Waals surface area contributed by atoms with Crippen LogP contribution in [0.5, 0.6) is 0 Å². The molecule has 6 heavy (non-hydrogen) atoms. The van der Waals surface area contributed by atoms with Crippen molar-refractivity contribution >= 4 is 15.6 Å². The summed E-state index contributed by atoms with van der Waals surface area (Å²) in [6.45, 7) is 0. The Morgan fingerprint density at radius 1 is 1.83 bits per heavy atom. The number of rotatable bonds is 0. The Hall–Kier alpha value is 0.297. The molecule has 0 aromatic rings. The number of carbonyl (C=O) groups excluding carboxylic acids is 1. The van der Waals surface area contributed by atoms with Gasteiger partial charge in [-0.25, -0.2) is 0 Å². The van der Waals surface area contributed by atoms with Crippen molar-refractivity contribution in [2.75, 3.05) is 0 Å². The van der Waals surface area contributed by atoms with E-state index in [1.54, 1.807) is 0 Å². The van der Waals surface area contributed by atoms with Gasteiger partial charge in [0.2, 0.25) is 0 Å². The molecule has 0 N–H and O–H groups in total. The average molecular weight is 99.9 g/mol. The van der Waals surface area contributed by atoms with Gasteiger partial charge in [0.15, 0.2) is 0 Å². The topological polar surface area (TPSA) is 49.4 Å². The van der Waals surface area contributed by atoms with Gasteiger partial charge in [0.05, 0.1) is 0 Å². The molecule has 1 atom stereocenters. The number of carboxylic acid groups (broad SMARTS) is 1. The SMILES string of the molecule is O=C([O-])OP.[Li+]. The predicted molar refractivity (Wildman–Crippen MR) is 16.2 cm³/mol. The Kier molecular flexibility index (Phi) is 8.45. The summed E-state index contributed by atoms with van der Waals surface area (Å²) in [6, 6.07) is 0. The van der Waals surface area contributed by atoms with Gasteiger partial charge in [-0.1, -0.05) is 0 Å². The van der Waals surface area contributed by atoms with Crippen LogP contribution in [0.3, 0.4) is 0 Å². The van der Waals surface area contributed by atoms with Gasteiger partial charge >= 0.3 is 18.9 Å². The molecular formula is CH2LiO3P. The molecule has 0 heterocycles. The zero-order chi connectivity index (χ0) is 4.28. The van der Waals surface area contributed by atoms with Gasteiger partial charge in [0.25, 0.3) is 6.16 Å². The molecule has 3 nitrogen and oxygen atoms in total. The van der Waals surface area contributed by atoms with Crippen molar-refractivity contribution < 1.29 is 33.3 Å². The molecular weight excluding hydrogens is 97.9 g/mol. The number of hydrogen-bond acceptors (Lipinski definition) is 3. The van der Waals surface area contributed by atoms with Crippen molar-refractivity contribution in [3.05, 3.63) is 0 Å². The van der Waals surface area contributed by atoms with E-state index in [4.69, 9.17) is 9.90 Å². The fourth-order valence-electron chi connectivity index (χ4n) is 0. The van der Waals surface area contributed by atoms with Gasteiger partial charge in [0, 0.05) is 0 Å². The van der Waals surface area contributed by atoms with Gasteiger partial charge in [0.1, 0.15) is 0 Å². The van der Waals surface area contributed by atoms with Crippen LogP contribution in [0.15, 0.2) is 0 Å². The van der Waals surface area contributed by atoms with Crippen molar-refractivity contribution in [2.24, 2.45) is 0 Å². The molecule has 0 saturated carbocycles. The number of carbonyl (C=O) groups is 1. The van der Waals surface area contributed by atoms with E-state index in [1.807, 2.05) is 0 Å². The van der Waals surface area contributed by atoms with Crippen LogP contribution in [0.1, 0.15) is 0 Å². The molecule has 0 fully saturated rings. The second kappa shape index (κ2) is 5.30. The quantitative estimate of drug-likeness (QED) is 0.231. The first kappa shape index (κ1) is 9.57. The van der Waals surface area contributed by atoms with E-state index in [-0.39, 0.29) is 18.9 Å². The van der Waals surface area contributed by atoms with Crippen LogP contribution in [0.4, 0.5) is 4.79 Å². The van der Waals surface area contributed by atoms with Crippen LogP contribution < -0.4 is 24.0 Å². The molecule has 0 aromatic carbocycles. The van der Waals surface area contributed by atoms with Crippen LogP contribution in [0.2, 0.25) is 0 Å². The summed E-state index contributed by atoms with van der Waals surface area (Å²) in [5.41, 5.74) is 0. The van der Waals surface area contributed by atoms with E-state index in [9.17, 15) is 0 Å². The minimum atomic E-state index is -1.53. The standard InChI is InChI=1S/CH3O3P.Li/c2-1(3)4-5;/h5H2,(H,2,3);/q;+1/p-1. The molecule has 0 aromatic heterocycles. The van der Waals surface area contributed by atoms with Crippen LogP contribution in [0.25, 0.3) is 0 Å². The summed E-state index contributed by atoms with van der Waals surface area (Å²) >= 11 is 0. The smallest absolute Gasteiger partial charge is 0.532 e. The maximum Gasteiger partial charge on any atom is 1.00 e. The Labute approximate surface area is 49.5 Å². The fourth-order valence-corrected chi connectivity index (χ4v) is 0. The van der Waals surface area contributed by atoms with Crippen LogP contribution >= 0.6 is 9.47 Å². The molecule has 0 aliphatic carbocycles. The molecule has 1 unspecified atom stereocenters. The summed E-state index contributed by atoms with van der Waals surface area (Å²) in [6.07, 6.45) is -1.53. The second-order valence-electron chi connectivity index (χ2n) is 0.368. The molecule has 0 aliphatic heterocycles. The summed E-state index contributed by atoms with van der Waals surface area (Å²) in [5.74, 6) is 0. The average Bonchev–Trinajstić information content (AvgIpc) is 1.38. The molecule has 5 heteroatoms. The third-order valence-corrected chi connectivity index (χ3v) is 0.289. The first-order chi connectivity index (χ1) is 2.27. The Morgan fingerprint density at radius 2 is 2.00 bits per heavy atom. The van der Waals surface area contributed by atoms with Crippen LogP contribution in [-0.2, 0) is 4.52 Å². The summed E-state index contributed by atoms with van der Waals surface area (Å²) in [5, 5.41) is 9.01. The Morgan fingerprint density at radius 3 is 2.00 bits per heavy atom. The summed E-state index contributed by atoms with van der Waals surface area (Å²) in [7, 11) is 1.53. The van der Waals surface area contributed by atoms with E-state index in [0.717, 1.165) is 0 Å². The third kappa shape index (κ3) is 8.85. The van der Waals surface area contributed by atoms with Crippen molar-refractivity contribution in [1.29, 1.82) is 0 Å². The van der Waals surface area contributed by atoms with Gasteiger partial charge in [-0.05, 0) is 9.47 Å². The van der Waals surface area contributed by atoms with Crippen LogP contribution in [0, 0.1) is 0 Å².